The van der Waals surface area contributed by atoms with E-state index in [0.717, 1.165) is 11.8 Å². The van der Waals surface area contributed by atoms with Crippen LogP contribution in [0.1, 0.15) is 6.92 Å². The van der Waals surface area contributed by atoms with Crippen molar-refractivity contribution in [3.8, 4) is 5.69 Å². The lowest BCUT2D eigenvalue weighted by Crippen LogP contribution is -2.23. The van der Waals surface area contributed by atoms with Gasteiger partial charge in [-0.2, -0.15) is 4.68 Å². The van der Waals surface area contributed by atoms with E-state index in [9.17, 15) is 14.9 Å². The molecule has 138 valence electrons. The summed E-state index contributed by atoms with van der Waals surface area (Å²) < 4.78 is 1.46. The molecule has 1 atom stereocenters. The zero-order chi connectivity index (χ0) is 19.4. The van der Waals surface area contributed by atoms with Crippen molar-refractivity contribution in [1.29, 1.82) is 0 Å². The van der Waals surface area contributed by atoms with Gasteiger partial charge in [0, 0.05) is 11.1 Å². The number of rotatable bonds is 6. The highest BCUT2D eigenvalue weighted by atomic mass is 35.5. The third kappa shape index (κ3) is 4.41. The van der Waals surface area contributed by atoms with Gasteiger partial charge in [0.05, 0.1) is 15.9 Å². The minimum Gasteiger partial charge on any atom is -0.319 e. The van der Waals surface area contributed by atoms with E-state index >= 15 is 0 Å². The molecule has 1 N–H and O–H groups in total. The number of para-hydroxylation sites is 2. The summed E-state index contributed by atoms with van der Waals surface area (Å²) in [6, 6.07) is 12.9. The number of halogens is 1. The Morgan fingerprint density at radius 3 is 2.81 bits per heavy atom. The van der Waals surface area contributed by atoms with Crippen LogP contribution in [0.5, 0.6) is 0 Å². The first kappa shape index (κ1) is 18.8. The molecule has 0 aliphatic carbocycles. The quantitative estimate of drug-likeness (QED) is 0.380. The Morgan fingerprint density at radius 1 is 1.30 bits per heavy atom. The first-order valence-electron chi connectivity index (χ1n) is 7.71. The molecule has 0 aliphatic rings. The van der Waals surface area contributed by atoms with E-state index in [4.69, 9.17) is 11.6 Å². The summed E-state index contributed by atoms with van der Waals surface area (Å²) in [6.45, 7) is 1.66. The average molecular weight is 405 g/mol. The van der Waals surface area contributed by atoms with Gasteiger partial charge in [-0.3, -0.25) is 14.9 Å². The lowest BCUT2D eigenvalue weighted by molar-refractivity contribution is -0.383. The second-order valence-electron chi connectivity index (χ2n) is 5.38. The number of nitro benzene ring substituents is 1. The molecule has 1 heterocycles. The van der Waals surface area contributed by atoms with Crippen LogP contribution < -0.4 is 5.32 Å². The Labute approximate surface area is 162 Å². The highest BCUT2D eigenvalue weighted by molar-refractivity contribution is 8.00. The predicted octanol–water partition coefficient (Wildman–Crippen LogP) is 3.34. The van der Waals surface area contributed by atoms with Gasteiger partial charge in [-0.25, -0.2) is 0 Å². The van der Waals surface area contributed by atoms with Crippen molar-refractivity contribution < 1.29 is 9.72 Å². The fourth-order valence-corrected chi connectivity index (χ4v) is 3.20. The highest BCUT2D eigenvalue weighted by Crippen LogP contribution is 2.27. The summed E-state index contributed by atoms with van der Waals surface area (Å²) in [6.07, 6.45) is 0. The smallest absolute Gasteiger partial charge is 0.292 e. The number of tetrazole rings is 1. The van der Waals surface area contributed by atoms with Crippen molar-refractivity contribution in [2.24, 2.45) is 0 Å². The van der Waals surface area contributed by atoms with Gasteiger partial charge < -0.3 is 5.32 Å². The van der Waals surface area contributed by atoms with Crippen LogP contribution in [0.3, 0.4) is 0 Å². The summed E-state index contributed by atoms with van der Waals surface area (Å²) in [5.74, 6) is -0.407. The number of benzene rings is 2. The number of thioether (sulfide) groups is 1. The number of nitrogens with one attached hydrogen (secondary N) is 1. The fourth-order valence-electron chi connectivity index (χ4n) is 2.21. The second kappa shape index (κ2) is 8.14. The SMILES string of the molecule is C[C@@H](Sc1nnnn1-c1cccc(Cl)c1)C(=O)Nc1ccccc1[N+](=O)[O-]. The number of carbonyl (C=O) groups is 1. The van der Waals surface area contributed by atoms with Crippen molar-refractivity contribution in [3.05, 3.63) is 63.7 Å². The number of carbonyl (C=O) groups excluding carboxylic acids is 1. The standard InChI is InChI=1S/C16H13ClN6O3S/c1-10(15(24)18-13-7-2-3-8-14(13)23(25)26)27-16-19-20-21-22(16)12-6-4-5-11(17)9-12/h2-10H,1H3,(H,18,24)/t10-/m1/s1. The maximum absolute atomic E-state index is 12.5. The number of anilines is 1. The first-order chi connectivity index (χ1) is 13.0. The molecule has 0 fully saturated rings. The number of nitro groups is 1. The predicted molar refractivity (Wildman–Crippen MR) is 101 cm³/mol. The topological polar surface area (TPSA) is 116 Å². The van der Waals surface area contributed by atoms with Gasteiger partial charge in [0.2, 0.25) is 11.1 Å². The van der Waals surface area contributed by atoms with E-state index in [1.54, 1.807) is 37.3 Å². The van der Waals surface area contributed by atoms with Crippen LogP contribution in [-0.2, 0) is 4.79 Å². The zero-order valence-electron chi connectivity index (χ0n) is 13.9. The maximum atomic E-state index is 12.5. The van der Waals surface area contributed by atoms with Crippen LogP contribution in [0.4, 0.5) is 11.4 Å². The Kier molecular flexibility index (Phi) is 5.67. The third-order valence-corrected chi connectivity index (χ3v) is 4.77. The number of nitrogens with zero attached hydrogens (tertiary/aromatic N) is 5. The van der Waals surface area contributed by atoms with Gasteiger partial charge in [0.1, 0.15) is 5.69 Å². The average Bonchev–Trinajstić information content (AvgIpc) is 3.10. The maximum Gasteiger partial charge on any atom is 0.292 e. The third-order valence-electron chi connectivity index (χ3n) is 3.50. The van der Waals surface area contributed by atoms with Crippen LogP contribution in [0.2, 0.25) is 5.02 Å². The normalized spacial score (nSPS) is 11.8. The lowest BCUT2D eigenvalue weighted by atomic mass is 10.2. The van der Waals surface area contributed by atoms with Gasteiger partial charge >= 0.3 is 0 Å². The lowest BCUT2D eigenvalue weighted by Gasteiger charge is -2.12. The van der Waals surface area contributed by atoms with E-state index in [-0.39, 0.29) is 11.4 Å². The molecule has 11 heteroatoms. The molecule has 27 heavy (non-hydrogen) atoms. The monoisotopic (exact) mass is 404 g/mol. The molecule has 0 saturated heterocycles. The molecule has 0 spiro atoms. The van der Waals surface area contributed by atoms with Crippen molar-refractivity contribution in [1.82, 2.24) is 20.2 Å². The molecule has 0 unspecified atom stereocenters. The van der Waals surface area contributed by atoms with Crippen molar-refractivity contribution >= 4 is 40.6 Å². The van der Waals surface area contributed by atoms with E-state index in [2.05, 4.69) is 20.8 Å². The molecule has 3 rings (SSSR count). The summed E-state index contributed by atoms with van der Waals surface area (Å²) in [4.78, 5) is 23.0. The number of amides is 1. The van der Waals surface area contributed by atoms with Crippen LogP contribution in [0.15, 0.2) is 53.7 Å². The van der Waals surface area contributed by atoms with E-state index in [1.807, 2.05) is 0 Å². The van der Waals surface area contributed by atoms with E-state index in [1.165, 1.54) is 22.9 Å². The Bertz CT molecular complexity index is 996. The molecule has 0 saturated carbocycles. The summed E-state index contributed by atoms with van der Waals surface area (Å²) in [5, 5.41) is 25.4. The molecule has 1 aromatic heterocycles. The minimum atomic E-state index is -0.603. The molecule has 9 nitrogen and oxygen atoms in total. The molecular formula is C16H13ClN6O3S. The Balaban J connectivity index is 1.75. The molecule has 0 radical (unpaired) electrons. The van der Waals surface area contributed by atoms with Gasteiger partial charge in [-0.15, -0.1) is 5.10 Å². The van der Waals surface area contributed by atoms with Crippen LogP contribution in [-0.4, -0.2) is 36.3 Å². The summed E-state index contributed by atoms with van der Waals surface area (Å²) >= 11 is 7.11. The van der Waals surface area contributed by atoms with Crippen LogP contribution in [0, 0.1) is 10.1 Å². The first-order valence-corrected chi connectivity index (χ1v) is 8.96. The number of aromatic nitrogens is 4. The van der Waals surface area contributed by atoms with Crippen LogP contribution >= 0.6 is 23.4 Å². The van der Waals surface area contributed by atoms with Gasteiger partial charge in [-0.05, 0) is 41.6 Å². The molecule has 2 aromatic carbocycles. The fraction of sp³-hybridized carbons (Fsp3) is 0.125. The molecule has 0 bridgehead atoms. The van der Waals surface area contributed by atoms with E-state index < -0.39 is 16.1 Å². The minimum absolute atomic E-state index is 0.134. The zero-order valence-corrected chi connectivity index (χ0v) is 15.5. The molecule has 1 amide bonds. The molecule has 3 aromatic rings. The van der Waals surface area contributed by atoms with E-state index in [0.29, 0.717) is 15.9 Å². The highest BCUT2D eigenvalue weighted by Gasteiger charge is 2.22. The van der Waals surface area contributed by atoms with Gasteiger partial charge in [0.25, 0.3) is 5.69 Å². The van der Waals surface area contributed by atoms with Crippen molar-refractivity contribution in [2.45, 2.75) is 17.3 Å². The Morgan fingerprint density at radius 2 is 2.07 bits per heavy atom. The van der Waals surface area contributed by atoms with Crippen molar-refractivity contribution in [2.75, 3.05) is 5.32 Å². The summed E-state index contributed by atoms with van der Waals surface area (Å²) in [7, 11) is 0. The van der Waals surface area contributed by atoms with Gasteiger partial charge in [0.15, 0.2) is 0 Å². The molecular weight excluding hydrogens is 392 g/mol. The largest absolute Gasteiger partial charge is 0.319 e. The van der Waals surface area contributed by atoms with Crippen molar-refractivity contribution in [3.63, 3.8) is 0 Å². The number of hydrogen-bond acceptors (Lipinski definition) is 7. The van der Waals surface area contributed by atoms with Crippen LogP contribution in [0.25, 0.3) is 5.69 Å². The van der Waals surface area contributed by atoms with Gasteiger partial charge in [-0.1, -0.05) is 41.6 Å². The molecule has 0 aliphatic heterocycles. The Hall–Kier alpha value is -2.98. The summed E-state index contributed by atoms with van der Waals surface area (Å²) in [5.41, 5.74) is 0.613. The number of hydrogen-bond donors (Lipinski definition) is 1. The second-order valence-corrected chi connectivity index (χ2v) is 7.12.